The number of carbonyl (C=O) groups is 2. The van der Waals surface area contributed by atoms with Gasteiger partial charge in [-0.3, -0.25) is 9.59 Å². The van der Waals surface area contributed by atoms with Crippen molar-refractivity contribution in [3.63, 3.8) is 0 Å². The molecule has 0 radical (unpaired) electrons. The standard InChI is InChI=1S/C17H24N2O4/c1-10(14-11(2)18-23-12(14)3)15(20)19-8-13-6-4-5-7-17(13,9-19)16(21)22/h10,13H,4-9H2,1-3H3,(H,21,22)/t10?,13-,17-/m0/s1. The highest BCUT2D eigenvalue weighted by Crippen LogP contribution is 2.47. The molecule has 1 unspecified atom stereocenters. The summed E-state index contributed by atoms with van der Waals surface area (Å²) in [6, 6.07) is 0. The molecule has 6 heteroatoms. The molecule has 23 heavy (non-hydrogen) atoms. The second-order valence-corrected chi connectivity index (χ2v) is 7.08. The minimum atomic E-state index is -0.748. The lowest BCUT2D eigenvalue weighted by molar-refractivity contribution is -0.152. The minimum absolute atomic E-state index is 0.0191. The molecule has 1 saturated carbocycles. The number of fused-ring (bicyclic) bond motifs is 1. The van der Waals surface area contributed by atoms with Crippen LogP contribution in [0.4, 0.5) is 0 Å². The van der Waals surface area contributed by atoms with Gasteiger partial charge in [-0.05, 0) is 39.5 Å². The van der Waals surface area contributed by atoms with Crippen LogP contribution in [0, 0.1) is 25.2 Å². The number of nitrogens with zero attached hydrogens (tertiary/aromatic N) is 2. The summed E-state index contributed by atoms with van der Waals surface area (Å²) in [5.74, 6) is -0.383. The molecule has 1 amide bonds. The predicted molar refractivity (Wildman–Crippen MR) is 83.0 cm³/mol. The number of aromatic nitrogens is 1. The smallest absolute Gasteiger partial charge is 0.311 e. The van der Waals surface area contributed by atoms with Crippen LogP contribution in [0.1, 0.15) is 55.5 Å². The van der Waals surface area contributed by atoms with Gasteiger partial charge in [0.15, 0.2) is 0 Å². The third-order valence-electron chi connectivity index (χ3n) is 5.75. The Morgan fingerprint density at radius 1 is 1.39 bits per heavy atom. The van der Waals surface area contributed by atoms with Crippen LogP contribution in [-0.4, -0.2) is 40.1 Å². The SMILES string of the molecule is Cc1noc(C)c1C(C)C(=O)N1C[C@@H]2CCCC[C@]2(C(=O)O)C1. The first-order chi connectivity index (χ1) is 10.9. The van der Waals surface area contributed by atoms with E-state index in [1.165, 1.54) is 0 Å². The lowest BCUT2D eigenvalue weighted by atomic mass is 9.68. The van der Waals surface area contributed by atoms with E-state index in [2.05, 4.69) is 5.16 Å². The van der Waals surface area contributed by atoms with Gasteiger partial charge in [-0.1, -0.05) is 18.0 Å². The predicted octanol–water partition coefficient (Wildman–Crippen LogP) is 2.50. The Labute approximate surface area is 135 Å². The summed E-state index contributed by atoms with van der Waals surface area (Å²) in [5, 5.41) is 13.7. The van der Waals surface area contributed by atoms with E-state index in [1.807, 2.05) is 20.8 Å². The van der Waals surface area contributed by atoms with Crippen molar-refractivity contribution in [2.24, 2.45) is 11.3 Å². The summed E-state index contributed by atoms with van der Waals surface area (Å²) < 4.78 is 5.17. The molecule has 1 aromatic rings. The number of amides is 1. The number of carboxylic acids is 1. The molecule has 2 heterocycles. The Balaban J connectivity index is 1.83. The number of rotatable bonds is 3. The number of hydrogen-bond donors (Lipinski definition) is 1. The van der Waals surface area contributed by atoms with E-state index in [-0.39, 0.29) is 17.7 Å². The second-order valence-electron chi connectivity index (χ2n) is 7.08. The van der Waals surface area contributed by atoms with Crippen molar-refractivity contribution >= 4 is 11.9 Å². The average Bonchev–Trinajstić information content (AvgIpc) is 3.07. The highest BCUT2D eigenvalue weighted by Gasteiger charge is 2.54. The molecule has 6 nitrogen and oxygen atoms in total. The van der Waals surface area contributed by atoms with E-state index in [9.17, 15) is 14.7 Å². The molecule has 1 aromatic heterocycles. The van der Waals surface area contributed by atoms with Crippen LogP contribution >= 0.6 is 0 Å². The lowest BCUT2D eigenvalue weighted by Crippen LogP contribution is -2.42. The van der Waals surface area contributed by atoms with Gasteiger partial charge in [-0.15, -0.1) is 0 Å². The van der Waals surface area contributed by atoms with E-state index in [4.69, 9.17) is 4.52 Å². The first-order valence-electron chi connectivity index (χ1n) is 8.32. The normalized spacial score (nSPS) is 28.5. The average molecular weight is 320 g/mol. The molecule has 2 fully saturated rings. The van der Waals surface area contributed by atoms with Crippen molar-refractivity contribution in [1.29, 1.82) is 0 Å². The fourth-order valence-electron chi connectivity index (χ4n) is 4.48. The molecular weight excluding hydrogens is 296 g/mol. The first kappa shape index (κ1) is 16.0. The van der Waals surface area contributed by atoms with Crippen molar-refractivity contribution in [1.82, 2.24) is 10.1 Å². The number of aliphatic carboxylic acids is 1. The molecule has 2 aliphatic rings. The summed E-state index contributed by atoms with van der Waals surface area (Å²) in [7, 11) is 0. The monoisotopic (exact) mass is 320 g/mol. The number of hydrogen-bond acceptors (Lipinski definition) is 4. The number of carboxylic acid groups (broad SMARTS) is 1. The Kier molecular flexibility index (Phi) is 3.94. The molecule has 1 aliphatic carbocycles. The molecule has 0 bridgehead atoms. The zero-order chi connectivity index (χ0) is 16.8. The van der Waals surface area contributed by atoms with Gasteiger partial charge in [0.2, 0.25) is 5.91 Å². The zero-order valence-corrected chi connectivity index (χ0v) is 14.0. The summed E-state index contributed by atoms with van der Waals surface area (Å²) in [6.45, 7) is 6.38. The first-order valence-corrected chi connectivity index (χ1v) is 8.32. The third kappa shape index (κ3) is 2.44. The second kappa shape index (κ2) is 5.65. The molecule has 1 saturated heterocycles. The van der Waals surface area contributed by atoms with Crippen molar-refractivity contribution < 1.29 is 19.2 Å². The van der Waals surface area contributed by atoms with Crippen molar-refractivity contribution in [2.45, 2.75) is 52.4 Å². The number of carbonyl (C=O) groups excluding carboxylic acids is 1. The minimum Gasteiger partial charge on any atom is -0.481 e. The van der Waals surface area contributed by atoms with Gasteiger partial charge >= 0.3 is 5.97 Å². The van der Waals surface area contributed by atoms with Crippen LogP contribution in [0.5, 0.6) is 0 Å². The Bertz CT molecular complexity index is 619. The highest BCUT2D eigenvalue weighted by atomic mass is 16.5. The summed E-state index contributed by atoms with van der Waals surface area (Å²) in [4.78, 5) is 26.5. The van der Waals surface area contributed by atoms with Gasteiger partial charge in [0.25, 0.3) is 0 Å². The topological polar surface area (TPSA) is 83.6 Å². The van der Waals surface area contributed by atoms with Gasteiger partial charge in [-0.25, -0.2) is 0 Å². The van der Waals surface area contributed by atoms with Crippen molar-refractivity contribution in [3.05, 3.63) is 17.0 Å². The van der Waals surface area contributed by atoms with Crippen LogP contribution in [-0.2, 0) is 9.59 Å². The van der Waals surface area contributed by atoms with Crippen LogP contribution in [0.15, 0.2) is 4.52 Å². The molecule has 0 spiro atoms. The molecule has 3 rings (SSSR count). The quantitative estimate of drug-likeness (QED) is 0.925. The van der Waals surface area contributed by atoms with E-state index >= 15 is 0 Å². The van der Waals surface area contributed by atoms with Crippen molar-refractivity contribution in [2.75, 3.05) is 13.1 Å². The Hall–Kier alpha value is -1.85. The summed E-state index contributed by atoms with van der Waals surface area (Å²) in [6.07, 6.45) is 3.57. The fourth-order valence-corrected chi connectivity index (χ4v) is 4.48. The van der Waals surface area contributed by atoms with Gasteiger partial charge in [0.05, 0.1) is 17.0 Å². The molecule has 1 N–H and O–H groups in total. The van der Waals surface area contributed by atoms with Crippen LogP contribution in [0.2, 0.25) is 0 Å². The van der Waals surface area contributed by atoms with E-state index in [0.29, 0.717) is 25.3 Å². The molecule has 3 atom stereocenters. The molecule has 126 valence electrons. The van der Waals surface area contributed by atoms with Gasteiger partial charge in [-0.2, -0.15) is 0 Å². The zero-order valence-electron chi connectivity index (χ0n) is 14.0. The van der Waals surface area contributed by atoms with E-state index < -0.39 is 11.4 Å². The van der Waals surface area contributed by atoms with Gasteiger partial charge in [0, 0.05) is 18.7 Å². The Morgan fingerprint density at radius 3 is 2.70 bits per heavy atom. The maximum atomic E-state index is 12.9. The van der Waals surface area contributed by atoms with E-state index in [1.54, 1.807) is 4.90 Å². The number of aryl methyl sites for hydroxylation is 2. The largest absolute Gasteiger partial charge is 0.481 e. The maximum absolute atomic E-state index is 12.9. The molecule has 0 aromatic carbocycles. The molecule has 1 aliphatic heterocycles. The summed E-state index contributed by atoms with van der Waals surface area (Å²) in [5.41, 5.74) is 0.814. The maximum Gasteiger partial charge on any atom is 0.311 e. The van der Waals surface area contributed by atoms with Crippen LogP contribution in [0.25, 0.3) is 0 Å². The molecular formula is C17H24N2O4. The third-order valence-corrected chi connectivity index (χ3v) is 5.75. The summed E-state index contributed by atoms with van der Waals surface area (Å²) >= 11 is 0. The fraction of sp³-hybridized carbons (Fsp3) is 0.706. The lowest BCUT2D eigenvalue weighted by Gasteiger charge is -2.34. The number of likely N-dealkylation sites (tertiary alicyclic amines) is 1. The van der Waals surface area contributed by atoms with Crippen molar-refractivity contribution in [3.8, 4) is 0 Å². The van der Waals surface area contributed by atoms with Gasteiger partial charge in [0.1, 0.15) is 5.76 Å². The van der Waals surface area contributed by atoms with Crippen LogP contribution in [0.3, 0.4) is 0 Å². The van der Waals surface area contributed by atoms with Crippen LogP contribution < -0.4 is 0 Å². The highest BCUT2D eigenvalue weighted by molar-refractivity contribution is 5.86. The Morgan fingerprint density at radius 2 is 2.13 bits per heavy atom. The van der Waals surface area contributed by atoms with Gasteiger partial charge < -0.3 is 14.5 Å². The van der Waals surface area contributed by atoms with E-state index in [0.717, 1.165) is 30.5 Å².